The number of nitrogens with zero attached hydrogens (tertiary/aromatic N) is 2. The molecular weight excluding hydrogens is 512 g/mol. The summed E-state index contributed by atoms with van der Waals surface area (Å²) >= 11 is 0. The summed E-state index contributed by atoms with van der Waals surface area (Å²) < 4.78 is 2.17. The average molecular weight is 539 g/mol. The van der Waals surface area contributed by atoms with Crippen molar-refractivity contribution in [1.82, 2.24) is 4.57 Å². The molecule has 6 nitrogen and oxygen atoms in total. The molecule has 0 atom stereocenters. The number of aromatic nitrogens is 1. The second kappa shape index (κ2) is 10.3. The summed E-state index contributed by atoms with van der Waals surface area (Å²) in [4.78, 5) is 42.7. The van der Waals surface area contributed by atoms with Crippen molar-refractivity contribution < 1.29 is 19.2 Å². The van der Waals surface area contributed by atoms with Crippen LogP contribution in [-0.2, 0) is 9.63 Å². The third-order valence-corrected chi connectivity index (χ3v) is 7.33. The van der Waals surface area contributed by atoms with Gasteiger partial charge in [-0.3, -0.25) is 9.59 Å². The number of aryl methyl sites for hydroxylation is 1. The minimum atomic E-state index is -0.600. The number of hydrogen-bond donors (Lipinski definition) is 0. The van der Waals surface area contributed by atoms with Crippen LogP contribution in [0.2, 0.25) is 0 Å². The van der Waals surface area contributed by atoms with E-state index in [-0.39, 0.29) is 17.3 Å². The Morgan fingerprint density at radius 1 is 0.683 bits per heavy atom. The highest BCUT2D eigenvalue weighted by Gasteiger charge is 2.20. The van der Waals surface area contributed by atoms with Gasteiger partial charge in [-0.05, 0) is 67.3 Å². The smallest absolute Gasteiger partial charge is 0.318 e. The molecule has 0 aliphatic carbocycles. The van der Waals surface area contributed by atoms with Gasteiger partial charge in [0.05, 0.1) is 16.7 Å². The van der Waals surface area contributed by atoms with E-state index in [1.54, 1.807) is 6.07 Å². The normalized spacial score (nSPS) is 11.7. The van der Waals surface area contributed by atoms with E-state index in [0.29, 0.717) is 16.7 Å². The van der Waals surface area contributed by atoms with Gasteiger partial charge in [-0.25, -0.2) is 4.79 Å². The second-order valence-corrected chi connectivity index (χ2v) is 10.0. The van der Waals surface area contributed by atoms with E-state index >= 15 is 0 Å². The number of fused-ring (bicyclic) bond motifs is 4. The Labute approximate surface area is 236 Å². The van der Waals surface area contributed by atoms with E-state index in [4.69, 9.17) is 0 Å². The largest absolute Gasteiger partial charge is 0.331 e. The lowest BCUT2D eigenvalue weighted by molar-refractivity contribution is -0.140. The monoisotopic (exact) mass is 538 g/mol. The van der Waals surface area contributed by atoms with Crippen LogP contribution in [0.5, 0.6) is 0 Å². The van der Waals surface area contributed by atoms with Crippen LogP contribution in [0.4, 0.5) is 0 Å². The molecule has 0 amide bonds. The first kappa shape index (κ1) is 25.9. The molecule has 5 aromatic carbocycles. The van der Waals surface area contributed by atoms with Crippen molar-refractivity contribution in [3.8, 4) is 5.69 Å². The van der Waals surface area contributed by atoms with Crippen LogP contribution in [0.25, 0.3) is 38.3 Å². The summed E-state index contributed by atoms with van der Waals surface area (Å²) in [7, 11) is 0. The number of rotatable bonds is 6. The molecule has 0 radical (unpaired) electrons. The molecule has 1 aromatic heterocycles. The Morgan fingerprint density at radius 3 is 2.05 bits per heavy atom. The van der Waals surface area contributed by atoms with Crippen LogP contribution in [0.3, 0.4) is 0 Å². The lowest BCUT2D eigenvalue weighted by Gasteiger charge is -2.12. The lowest BCUT2D eigenvalue weighted by atomic mass is 9.97. The highest BCUT2D eigenvalue weighted by molar-refractivity contribution is 6.45. The van der Waals surface area contributed by atoms with Gasteiger partial charge in [-0.15, -0.1) is 0 Å². The number of hydrogen-bond acceptors (Lipinski definition) is 5. The fourth-order valence-corrected chi connectivity index (χ4v) is 5.33. The van der Waals surface area contributed by atoms with Crippen LogP contribution in [0.1, 0.15) is 45.7 Å². The SMILES string of the molecule is CC(=O)O/N=C(\C)C(=O)c1ccc2c(c1)c1cc(C(=O)c3ccccc3C)ccc1n2-c1cccc2ccccc12. The molecule has 1 heterocycles. The van der Waals surface area contributed by atoms with E-state index in [2.05, 4.69) is 38.8 Å². The van der Waals surface area contributed by atoms with E-state index in [0.717, 1.165) is 43.8 Å². The van der Waals surface area contributed by atoms with Crippen molar-refractivity contribution in [1.29, 1.82) is 0 Å². The highest BCUT2D eigenvalue weighted by atomic mass is 16.7. The van der Waals surface area contributed by atoms with Gasteiger partial charge in [0.15, 0.2) is 5.78 Å². The summed E-state index contributed by atoms with van der Waals surface area (Å²) in [6, 6.07) is 33.1. The number of Topliss-reactive ketones (excluding diaryl/α,β-unsaturated/α-hetero) is 1. The molecule has 0 unspecified atom stereocenters. The van der Waals surface area contributed by atoms with Crippen molar-refractivity contribution in [2.45, 2.75) is 20.8 Å². The number of carbonyl (C=O) groups excluding carboxylic acids is 3. The van der Waals surface area contributed by atoms with E-state index < -0.39 is 5.97 Å². The minimum absolute atomic E-state index is 0.0624. The molecule has 0 saturated heterocycles. The average Bonchev–Trinajstić information content (AvgIpc) is 3.31. The van der Waals surface area contributed by atoms with Gasteiger partial charge < -0.3 is 9.40 Å². The number of carbonyl (C=O) groups is 3. The standard InChI is InChI=1S/C35H26N2O4/c1-21-9-4-6-12-27(21)35(40)26-16-18-33-30(20-26)29-19-25(34(39)22(2)36-41-23(3)38)15-17-32(29)37(33)31-14-8-11-24-10-5-7-13-28(24)31/h4-20H,1-3H3/b36-22+. The third-order valence-electron chi connectivity index (χ3n) is 7.33. The lowest BCUT2D eigenvalue weighted by Crippen LogP contribution is -2.11. The molecule has 0 aliphatic heterocycles. The van der Waals surface area contributed by atoms with E-state index in [1.165, 1.54) is 13.8 Å². The summed E-state index contributed by atoms with van der Waals surface area (Å²) in [5.74, 6) is -1.02. The zero-order chi connectivity index (χ0) is 28.7. The summed E-state index contributed by atoms with van der Waals surface area (Å²) in [6.45, 7) is 4.66. The Morgan fingerprint density at radius 2 is 1.32 bits per heavy atom. The molecule has 0 spiro atoms. The first-order valence-corrected chi connectivity index (χ1v) is 13.3. The number of oxime groups is 1. The van der Waals surface area contributed by atoms with Crippen LogP contribution in [0, 0.1) is 6.92 Å². The maximum Gasteiger partial charge on any atom is 0.331 e. The fourth-order valence-electron chi connectivity index (χ4n) is 5.33. The van der Waals surface area contributed by atoms with Crippen molar-refractivity contribution in [2.24, 2.45) is 5.16 Å². The molecule has 200 valence electrons. The van der Waals surface area contributed by atoms with Crippen LogP contribution in [0.15, 0.2) is 108 Å². The Balaban J connectivity index is 1.61. The predicted octanol–water partition coefficient (Wildman–Crippen LogP) is 7.60. The molecule has 6 heteroatoms. The molecule has 0 N–H and O–H groups in total. The number of ketones is 2. The minimum Gasteiger partial charge on any atom is -0.318 e. The fraction of sp³-hybridized carbons (Fsp3) is 0.0857. The molecule has 6 rings (SSSR count). The molecule has 41 heavy (non-hydrogen) atoms. The number of benzene rings is 5. The molecule has 6 aromatic rings. The molecule has 0 bridgehead atoms. The Bertz CT molecular complexity index is 2060. The predicted molar refractivity (Wildman–Crippen MR) is 162 cm³/mol. The molecule has 0 fully saturated rings. The van der Waals surface area contributed by atoms with Gasteiger partial charge in [0, 0.05) is 39.8 Å². The van der Waals surface area contributed by atoms with Crippen molar-refractivity contribution in [3.63, 3.8) is 0 Å². The van der Waals surface area contributed by atoms with Gasteiger partial charge in [0.2, 0.25) is 5.78 Å². The van der Waals surface area contributed by atoms with Crippen LogP contribution >= 0.6 is 0 Å². The quantitative estimate of drug-likeness (QED) is 0.0947. The van der Waals surface area contributed by atoms with Gasteiger partial charge in [-0.2, -0.15) is 0 Å². The molecule has 0 aliphatic rings. The highest BCUT2D eigenvalue weighted by Crippen LogP contribution is 2.36. The van der Waals surface area contributed by atoms with Crippen molar-refractivity contribution >= 4 is 55.8 Å². The maximum absolute atomic E-state index is 13.6. The van der Waals surface area contributed by atoms with Crippen LogP contribution in [-0.4, -0.2) is 27.8 Å². The maximum atomic E-state index is 13.6. The zero-order valence-electron chi connectivity index (χ0n) is 22.8. The summed E-state index contributed by atoms with van der Waals surface area (Å²) in [5, 5.41) is 7.53. The van der Waals surface area contributed by atoms with Gasteiger partial charge in [-0.1, -0.05) is 65.8 Å². The van der Waals surface area contributed by atoms with Gasteiger partial charge in [0.25, 0.3) is 0 Å². The Hall–Kier alpha value is -5.36. The Kier molecular flexibility index (Phi) is 6.52. The first-order valence-electron chi connectivity index (χ1n) is 13.3. The second-order valence-electron chi connectivity index (χ2n) is 10.0. The van der Waals surface area contributed by atoms with Gasteiger partial charge >= 0.3 is 5.97 Å². The summed E-state index contributed by atoms with van der Waals surface area (Å²) in [6.07, 6.45) is 0. The molecular formula is C35H26N2O4. The van der Waals surface area contributed by atoms with Crippen LogP contribution < -0.4 is 0 Å². The van der Waals surface area contributed by atoms with Crippen molar-refractivity contribution in [3.05, 3.63) is 125 Å². The first-order chi connectivity index (χ1) is 19.8. The molecule has 0 saturated carbocycles. The summed E-state index contributed by atoms with van der Waals surface area (Å²) in [5.41, 5.74) is 5.38. The van der Waals surface area contributed by atoms with Gasteiger partial charge in [0.1, 0.15) is 5.71 Å². The topological polar surface area (TPSA) is 77.7 Å². The van der Waals surface area contributed by atoms with E-state index in [1.807, 2.05) is 79.7 Å². The van der Waals surface area contributed by atoms with E-state index in [9.17, 15) is 14.4 Å². The van der Waals surface area contributed by atoms with Crippen molar-refractivity contribution in [2.75, 3.05) is 0 Å². The zero-order valence-corrected chi connectivity index (χ0v) is 22.8. The third kappa shape index (κ3) is 4.59.